The van der Waals surface area contributed by atoms with Crippen LogP contribution in [0.15, 0.2) is 82.9 Å². The van der Waals surface area contributed by atoms with Crippen LogP contribution in [0.4, 0.5) is 9.18 Å². The Morgan fingerprint density at radius 2 is 1.74 bits per heavy atom. The van der Waals surface area contributed by atoms with Gasteiger partial charge in [0.1, 0.15) is 11.6 Å². The standard InChI is InChI=1S/C29H28FN3O8S/c1-3-39-28(34)26-23(31-29(35)32-27(26)19-5-9-21(38-2)10-6-19)16-33(42(36,37)22-11-7-20(30)8-12-22)15-18-4-13-24-25(14-18)41-17-40-24/h4-14,27H,3,15-17H2,1-2H3,(H2,31,32,35). The Hall–Kier alpha value is -4.62. The van der Waals surface area contributed by atoms with E-state index >= 15 is 0 Å². The zero-order chi connectivity index (χ0) is 29.9. The SMILES string of the molecule is CCOC(=O)C1=C(CN(Cc2ccc3c(c2)OCO3)S(=O)(=O)c2ccc(F)cc2)NC(=O)NC1c1ccc(OC)cc1. The van der Waals surface area contributed by atoms with Crippen molar-refractivity contribution in [3.05, 3.63) is 94.9 Å². The largest absolute Gasteiger partial charge is 0.497 e. The first kappa shape index (κ1) is 28.9. The molecule has 0 aliphatic carbocycles. The Morgan fingerprint density at radius 1 is 1.02 bits per heavy atom. The van der Waals surface area contributed by atoms with Crippen molar-refractivity contribution in [1.29, 1.82) is 0 Å². The molecule has 0 bridgehead atoms. The fraction of sp³-hybridized carbons (Fsp3) is 0.241. The van der Waals surface area contributed by atoms with Gasteiger partial charge in [-0.1, -0.05) is 18.2 Å². The van der Waals surface area contributed by atoms with Gasteiger partial charge in [0.15, 0.2) is 11.5 Å². The van der Waals surface area contributed by atoms with Gasteiger partial charge >= 0.3 is 12.0 Å². The predicted molar refractivity (Wildman–Crippen MR) is 148 cm³/mol. The van der Waals surface area contributed by atoms with Gasteiger partial charge in [0.2, 0.25) is 16.8 Å². The molecule has 3 aromatic carbocycles. The third-order valence-electron chi connectivity index (χ3n) is 6.68. The number of nitrogens with one attached hydrogen (secondary N) is 2. The van der Waals surface area contributed by atoms with Crippen LogP contribution in [0.1, 0.15) is 24.1 Å². The first-order valence-electron chi connectivity index (χ1n) is 13.0. The van der Waals surface area contributed by atoms with Crippen LogP contribution in [0.25, 0.3) is 0 Å². The molecule has 2 aliphatic rings. The summed E-state index contributed by atoms with van der Waals surface area (Å²) in [5.41, 5.74) is 1.17. The van der Waals surface area contributed by atoms with Gasteiger partial charge in [-0.15, -0.1) is 0 Å². The van der Waals surface area contributed by atoms with Gasteiger partial charge < -0.3 is 29.6 Å². The normalized spacial score (nSPS) is 16.2. The molecule has 2 amide bonds. The third-order valence-corrected chi connectivity index (χ3v) is 8.49. The summed E-state index contributed by atoms with van der Waals surface area (Å²) in [6, 6.07) is 14.5. The van der Waals surface area contributed by atoms with E-state index in [2.05, 4.69) is 10.6 Å². The van der Waals surface area contributed by atoms with Gasteiger partial charge in [-0.05, 0) is 66.6 Å². The molecule has 2 aliphatic heterocycles. The molecule has 5 rings (SSSR count). The number of amides is 2. The molecule has 0 saturated carbocycles. The van der Waals surface area contributed by atoms with Gasteiger partial charge in [-0.3, -0.25) is 0 Å². The smallest absolute Gasteiger partial charge is 0.338 e. The minimum absolute atomic E-state index is 0.0319. The van der Waals surface area contributed by atoms with Crippen molar-refractivity contribution >= 4 is 22.0 Å². The van der Waals surface area contributed by atoms with Crippen molar-refractivity contribution in [2.75, 3.05) is 27.1 Å². The molecule has 11 nitrogen and oxygen atoms in total. The number of hydrogen-bond donors (Lipinski definition) is 2. The van der Waals surface area contributed by atoms with Crippen molar-refractivity contribution in [2.45, 2.75) is 24.4 Å². The van der Waals surface area contributed by atoms with Crippen LogP contribution in [0.5, 0.6) is 17.2 Å². The van der Waals surface area contributed by atoms with Crippen LogP contribution in [0.2, 0.25) is 0 Å². The number of urea groups is 1. The molecule has 2 N–H and O–H groups in total. The van der Waals surface area contributed by atoms with Gasteiger partial charge in [0, 0.05) is 12.2 Å². The maximum atomic E-state index is 13.9. The van der Waals surface area contributed by atoms with E-state index in [1.165, 1.54) is 7.11 Å². The zero-order valence-electron chi connectivity index (χ0n) is 22.8. The number of nitrogens with zero attached hydrogens (tertiary/aromatic N) is 1. The molecule has 0 radical (unpaired) electrons. The van der Waals surface area contributed by atoms with Crippen LogP contribution < -0.4 is 24.8 Å². The van der Waals surface area contributed by atoms with Crippen LogP contribution >= 0.6 is 0 Å². The molecule has 2 heterocycles. The highest BCUT2D eigenvalue weighted by Gasteiger charge is 2.36. The van der Waals surface area contributed by atoms with E-state index in [4.69, 9.17) is 18.9 Å². The summed E-state index contributed by atoms with van der Waals surface area (Å²) in [4.78, 5) is 26.0. The van der Waals surface area contributed by atoms with E-state index in [9.17, 15) is 22.4 Å². The molecule has 3 aromatic rings. The Labute approximate surface area is 241 Å². The lowest BCUT2D eigenvalue weighted by Crippen LogP contribution is -2.49. The maximum absolute atomic E-state index is 13.9. The van der Waals surface area contributed by atoms with Crippen LogP contribution in [-0.4, -0.2) is 51.8 Å². The van der Waals surface area contributed by atoms with Gasteiger partial charge in [0.25, 0.3) is 0 Å². The van der Waals surface area contributed by atoms with E-state index < -0.39 is 40.4 Å². The zero-order valence-corrected chi connectivity index (χ0v) is 23.6. The molecule has 1 atom stereocenters. The number of carbonyl (C=O) groups excluding carboxylic acids is 2. The lowest BCUT2D eigenvalue weighted by molar-refractivity contribution is -0.139. The Balaban J connectivity index is 1.60. The summed E-state index contributed by atoms with van der Waals surface area (Å²) in [5, 5.41) is 5.34. The number of methoxy groups -OCH3 is 1. The summed E-state index contributed by atoms with van der Waals surface area (Å²) in [6.45, 7) is 1.14. The van der Waals surface area contributed by atoms with Crippen molar-refractivity contribution in [2.24, 2.45) is 0 Å². The van der Waals surface area contributed by atoms with Gasteiger partial charge in [-0.25, -0.2) is 22.4 Å². The average molecular weight is 598 g/mol. The number of hydrogen-bond acceptors (Lipinski definition) is 8. The van der Waals surface area contributed by atoms with E-state index in [1.807, 2.05) is 0 Å². The van der Waals surface area contributed by atoms with Crippen molar-refractivity contribution in [1.82, 2.24) is 14.9 Å². The van der Waals surface area contributed by atoms with Crippen LogP contribution in [-0.2, 0) is 26.1 Å². The molecule has 0 aromatic heterocycles. The predicted octanol–water partition coefficient (Wildman–Crippen LogP) is 3.63. The second-order valence-electron chi connectivity index (χ2n) is 9.33. The minimum Gasteiger partial charge on any atom is -0.497 e. The first-order valence-corrected chi connectivity index (χ1v) is 14.4. The second-order valence-corrected chi connectivity index (χ2v) is 11.3. The topological polar surface area (TPSA) is 132 Å². The molecule has 0 fully saturated rings. The highest BCUT2D eigenvalue weighted by molar-refractivity contribution is 7.89. The number of fused-ring (bicyclic) bond motifs is 1. The summed E-state index contributed by atoms with van der Waals surface area (Å²) in [5.74, 6) is 0.209. The molecule has 1 unspecified atom stereocenters. The summed E-state index contributed by atoms with van der Waals surface area (Å²) >= 11 is 0. The summed E-state index contributed by atoms with van der Waals surface area (Å²) in [7, 11) is -2.77. The monoisotopic (exact) mass is 597 g/mol. The Bertz CT molecular complexity index is 1630. The molecule has 13 heteroatoms. The lowest BCUT2D eigenvalue weighted by atomic mass is 9.95. The van der Waals surface area contributed by atoms with Crippen LogP contribution in [0, 0.1) is 5.82 Å². The summed E-state index contributed by atoms with van der Waals surface area (Å²) < 4.78 is 64.0. The molecule has 0 saturated heterocycles. The second kappa shape index (κ2) is 12.1. The van der Waals surface area contributed by atoms with Crippen molar-refractivity contribution in [3.63, 3.8) is 0 Å². The Morgan fingerprint density at radius 3 is 2.43 bits per heavy atom. The fourth-order valence-corrected chi connectivity index (χ4v) is 6.04. The van der Waals surface area contributed by atoms with E-state index in [-0.39, 0.29) is 36.1 Å². The van der Waals surface area contributed by atoms with Gasteiger partial charge in [-0.2, -0.15) is 4.31 Å². The Kier molecular flexibility index (Phi) is 8.31. The molecule has 42 heavy (non-hydrogen) atoms. The minimum atomic E-state index is -4.28. The number of rotatable bonds is 10. The summed E-state index contributed by atoms with van der Waals surface area (Å²) in [6.07, 6.45) is 0. The number of benzene rings is 3. The highest BCUT2D eigenvalue weighted by Crippen LogP contribution is 2.34. The van der Waals surface area contributed by atoms with Gasteiger partial charge in [0.05, 0.1) is 36.8 Å². The van der Waals surface area contributed by atoms with Crippen molar-refractivity contribution < 1.29 is 41.3 Å². The number of esters is 1. The number of ether oxygens (including phenoxy) is 4. The molecular weight excluding hydrogens is 569 g/mol. The van der Waals surface area contributed by atoms with E-state index in [1.54, 1.807) is 49.4 Å². The number of carbonyl (C=O) groups is 2. The molecule has 220 valence electrons. The highest BCUT2D eigenvalue weighted by atomic mass is 32.2. The maximum Gasteiger partial charge on any atom is 0.338 e. The first-order chi connectivity index (χ1) is 20.2. The van der Waals surface area contributed by atoms with E-state index in [0.29, 0.717) is 28.4 Å². The number of sulfonamides is 1. The van der Waals surface area contributed by atoms with Crippen LogP contribution in [0.3, 0.4) is 0 Å². The fourth-order valence-electron chi connectivity index (χ4n) is 4.64. The third kappa shape index (κ3) is 6.02. The van der Waals surface area contributed by atoms with Crippen molar-refractivity contribution in [3.8, 4) is 17.2 Å². The molecular formula is C29H28FN3O8S. The molecule has 0 spiro atoms. The quantitative estimate of drug-likeness (QED) is 0.339. The lowest BCUT2D eigenvalue weighted by Gasteiger charge is -2.32. The van der Waals surface area contributed by atoms with E-state index in [0.717, 1.165) is 28.6 Å². The number of halogens is 1. The average Bonchev–Trinajstić information content (AvgIpc) is 3.45.